The minimum atomic E-state index is 0.0247. The average Bonchev–Trinajstić information content (AvgIpc) is 3.22. The number of rotatable bonds is 3. The number of hydrogen-bond acceptors (Lipinski definition) is 4. The van der Waals surface area contributed by atoms with Crippen molar-refractivity contribution in [3.8, 4) is 5.69 Å². The highest BCUT2D eigenvalue weighted by Gasteiger charge is 2.30. The van der Waals surface area contributed by atoms with E-state index in [2.05, 4.69) is 54.0 Å². The van der Waals surface area contributed by atoms with Crippen LogP contribution in [0.15, 0.2) is 41.8 Å². The molecule has 3 heterocycles. The van der Waals surface area contributed by atoms with E-state index >= 15 is 0 Å². The molecule has 4 rings (SSSR count). The molecule has 1 atom stereocenters. The molecule has 128 valence electrons. The van der Waals surface area contributed by atoms with E-state index in [4.69, 9.17) is 5.10 Å². The number of carbonyl (C=O) groups is 1. The third-order valence-electron chi connectivity index (χ3n) is 4.40. The molecule has 3 aromatic rings. The molecule has 0 aliphatic carbocycles. The number of hydrogen-bond donors (Lipinski definition) is 1. The smallest absolute Gasteiger partial charge is 0.235 e. The van der Waals surface area contributed by atoms with Gasteiger partial charge < -0.3 is 5.32 Å². The molecular weight excluding hydrogens is 350 g/mol. The summed E-state index contributed by atoms with van der Waals surface area (Å²) in [6.07, 6.45) is 1.00. The molecule has 1 N–H and O–H groups in total. The molecule has 0 fully saturated rings. The van der Waals surface area contributed by atoms with Crippen LogP contribution in [0.2, 0.25) is 0 Å². The van der Waals surface area contributed by atoms with E-state index in [1.54, 1.807) is 23.1 Å². The van der Waals surface area contributed by atoms with Crippen LogP contribution >= 0.6 is 23.1 Å². The quantitative estimate of drug-likeness (QED) is 0.735. The summed E-state index contributed by atoms with van der Waals surface area (Å²) in [6.45, 7) is 4.16. The molecule has 1 amide bonds. The Bertz CT molecular complexity index is 898. The van der Waals surface area contributed by atoms with Crippen molar-refractivity contribution < 1.29 is 4.79 Å². The monoisotopic (exact) mass is 369 g/mol. The fraction of sp³-hybridized carbons (Fsp3) is 0.263. The molecule has 1 aliphatic heterocycles. The first-order valence-electron chi connectivity index (χ1n) is 8.31. The zero-order valence-corrected chi connectivity index (χ0v) is 15.8. The topological polar surface area (TPSA) is 46.9 Å². The van der Waals surface area contributed by atoms with E-state index in [0.29, 0.717) is 5.75 Å². The fourth-order valence-electron chi connectivity index (χ4n) is 3.11. The van der Waals surface area contributed by atoms with Gasteiger partial charge in [0.25, 0.3) is 0 Å². The Morgan fingerprint density at radius 1 is 1.28 bits per heavy atom. The van der Waals surface area contributed by atoms with Gasteiger partial charge in [0.2, 0.25) is 5.91 Å². The summed E-state index contributed by atoms with van der Waals surface area (Å²) in [7, 11) is 0. The van der Waals surface area contributed by atoms with Crippen molar-refractivity contribution in [2.75, 3.05) is 11.1 Å². The number of nitrogens with one attached hydrogen (secondary N) is 1. The predicted molar refractivity (Wildman–Crippen MR) is 105 cm³/mol. The molecule has 25 heavy (non-hydrogen) atoms. The van der Waals surface area contributed by atoms with Gasteiger partial charge >= 0.3 is 0 Å². The maximum atomic E-state index is 12.3. The number of nitrogens with zero attached hydrogens (tertiary/aromatic N) is 2. The van der Waals surface area contributed by atoms with Crippen LogP contribution in [-0.4, -0.2) is 21.4 Å². The van der Waals surface area contributed by atoms with Crippen LogP contribution in [0.1, 0.15) is 33.9 Å². The number of aryl methyl sites for hydroxylation is 2. The van der Waals surface area contributed by atoms with Gasteiger partial charge in [-0.05, 0) is 42.5 Å². The summed E-state index contributed by atoms with van der Waals surface area (Å²) in [5.74, 6) is 1.28. The highest BCUT2D eigenvalue weighted by molar-refractivity contribution is 8.00. The van der Waals surface area contributed by atoms with Crippen molar-refractivity contribution in [3.63, 3.8) is 0 Å². The van der Waals surface area contributed by atoms with Crippen molar-refractivity contribution >= 4 is 34.8 Å². The number of carbonyl (C=O) groups excluding carboxylic acids is 1. The number of amides is 1. The molecule has 0 bridgehead atoms. The van der Waals surface area contributed by atoms with E-state index < -0.39 is 0 Å². The Morgan fingerprint density at radius 2 is 2.08 bits per heavy atom. The van der Waals surface area contributed by atoms with Crippen LogP contribution in [0.4, 0.5) is 5.82 Å². The Kier molecular flexibility index (Phi) is 4.39. The maximum absolute atomic E-state index is 12.3. The summed E-state index contributed by atoms with van der Waals surface area (Å²) in [4.78, 5) is 13.5. The van der Waals surface area contributed by atoms with Crippen LogP contribution in [0.25, 0.3) is 5.69 Å². The van der Waals surface area contributed by atoms with Crippen LogP contribution in [-0.2, 0) is 11.2 Å². The molecule has 0 unspecified atom stereocenters. The molecule has 0 saturated carbocycles. The summed E-state index contributed by atoms with van der Waals surface area (Å²) in [5.41, 5.74) is 4.33. The largest absolute Gasteiger partial charge is 0.310 e. The first kappa shape index (κ1) is 16.4. The minimum Gasteiger partial charge on any atom is -0.310 e. The minimum absolute atomic E-state index is 0.0247. The van der Waals surface area contributed by atoms with Crippen molar-refractivity contribution in [2.45, 2.75) is 25.5 Å². The number of aromatic nitrogens is 2. The summed E-state index contributed by atoms with van der Waals surface area (Å²) >= 11 is 3.39. The Balaban J connectivity index is 1.85. The molecule has 0 radical (unpaired) electrons. The lowest BCUT2D eigenvalue weighted by molar-refractivity contribution is -0.113. The Hall–Kier alpha value is -2.05. The highest BCUT2D eigenvalue weighted by Crippen LogP contribution is 2.45. The zero-order valence-electron chi connectivity index (χ0n) is 14.2. The first-order chi connectivity index (χ1) is 12.2. The molecule has 4 nitrogen and oxygen atoms in total. The van der Waals surface area contributed by atoms with Crippen LogP contribution < -0.4 is 5.32 Å². The van der Waals surface area contributed by atoms with Gasteiger partial charge in [-0.25, -0.2) is 4.68 Å². The predicted octanol–water partition coefficient (Wildman–Crippen LogP) is 4.58. The van der Waals surface area contributed by atoms with Gasteiger partial charge in [0.15, 0.2) is 0 Å². The molecule has 1 aromatic carbocycles. The second-order valence-electron chi connectivity index (χ2n) is 6.03. The lowest BCUT2D eigenvalue weighted by Crippen LogP contribution is -2.15. The summed E-state index contributed by atoms with van der Waals surface area (Å²) in [6, 6.07) is 12.6. The average molecular weight is 370 g/mol. The number of benzene rings is 1. The fourth-order valence-corrected chi connectivity index (χ4v) is 5.27. The van der Waals surface area contributed by atoms with Crippen molar-refractivity contribution in [1.82, 2.24) is 9.78 Å². The number of thioether (sulfide) groups is 1. The molecule has 0 spiro atoms. The van der Waals surface area contributed by atoms with Gasteiger partial charge in [0.05, 0.1) is 22.4 Å². The normalized spacial score (nSPS) is 17.0. The summed E-state index contributed by atoms with van der Waals surface area (Å²) < 4.78 is 1.87. The third kappa shape index (κ3) is 3.00. The number of thiophene rings is 1. The van der Waals surface area contributed by atoms with E-state index in [1.165, 1.54) is 10.4 Å². The Morgan fingerprint density at radius 3 is 2.76 bits per heavy atom. The number of fused-ring (bicyclic) bond motifs is 1. The van der Waals surface area contributed by atoms with Crippen LogP contribution in [0.3, 0.4) is 0 Å². The van der Waals surface area contributed by atoms with Gasteiger partial charge in [-0.2, -0.15) is 5.10 Å². The van der Waals surface area contributed by atoms with Crippen molar-refractivity contribution in [1.29, 1.82) is 0 Å². The third-order valence-corrected chi connectivity index (χ3v) is 6.74. The SMILES string of the molecule is CCc1ccc(-n2nc(C)c3c2NC(=O)CS[C@H]3c2cccs2)cc1. The lowest BCUT2D eigenvalue weighted by Gasteiger charge is -2.13. The molecule has 2 aromatic heterocycles. The van der Waals surface area contributed by atoms with Crippen LogP contribution in [0, 0.1) is 6.92 Å². The zero-order chi connectivity index (χ0) is 17.4. The van der Waals surface area contributed by atoms with Crippen molar-refractivity contribution in [3.05, 3.63) is 63.5 Å². The van der Waals surface area contributed by atoms with Gasteiger partial charge in [-0.1, -0.05) is 25.1 Å². The second-order valence-corrected chi connectivity index (χ2v) is 8.11. The van der Waals surface area contributed by atoms with Gasteiger partial charge in [-0.3, -0.25) is 4.79 Å². The standard InChI is InChI=1S/C19H19N3OS2/c1-3-13-6-8-14(9-7-13)22-19-17(12(2)21-22)18(15-5-4-10-24-15)25-11-16(23)20-19/h4-10,18H,3,11H2,1-2H3,(H,20,23)/t18-/m0/s1. The lowest BCUT2D eigenvalue weighted by atomic mass is 10.1. The maximum Gasteiger partial charge on any atom is 0.235 e. The summed E-state index contributed by atoms with van der Waals surface area (Å²) in [5, 5.41) is 10.0. The van der Waals surface area contributed by atoms with E-state index in [1.807, 2.05) is 11.6 Å². The molecule has 1 aliphatic rings. The van der Waals surface area contributed by atoms with E-state index in [-0.39, 0.29) is 11.2 Å². The highest BCUT2D eigenvalue weighted by atomic mass is 32.2. The van der Waals surface area contributed by atoms with Gasteiger partial charge in [0.1, 0.15) is 5.82 Å². The van der Waals surface area contributed by atoms with Crippen LogP contribution in [0.5, 0.6) is 0 Å². The second kappa shape index (κ2) is 6.69. The van der Waals surface area contributed by atoms with E-state index in [9.17, 15) is 4.79 Å². The van der Waals surface area contributed by atoms with Gasteiger partial charge in [0, 0.05) is 10.4 Å². The van der Waals surface area contributed by atoms with Gasteiger partial charge in [-0.15, -0.1) is 23.1 Å². The molecule has 6 heteroatoms. The Labute approximate surface area is 155 Å². The number of anilines is 1. The van der Waals surface area contributed by atoms with Crippen molar-refractivity contribution in [2.24, 2.45) is 0 Å². The first-order valence-corrected chi connectivity index (χ1v) is 10.2. The van der Waals surface area contributed by atoms with E-state index in [0.717, 1.165) is 29.2 Å². The molecular formula is C19H19N3OS2. The molecule has 0 saturated heterocycles.